The van der Waals surface area contributed by atoms with Crippen LogP contribution in [0, 0.1) is 5.92 Å². The summed E-state index contributed by atoms with van der Waals surface area (Å²) in [5, 5.41) is 12.3. The van der Waals surface area contributed by atoms with Crippen molar-refractivity contribution in [3.8, 4) is 0 Å². The summed E-state index contributed by atoms with van der Waals surface area (Å²) >= 11 is 11.5. The molecule has 0 aliphatic heterocycles. The Morgan fingerprint density at radius 3 is 2.37 bits per heavy atom. The van der Waals surface area contributed by atoms with Crippen molar-refractivity contribution in [1.82, 2.24) is 10.3 Å². The third-order valence-corrected chi connectivity index (χ3v) is 4.07. The first-order chi connectivity index (χ1) is 8.97. The Balaban J connectivity index is 1.89. The highest BCUT2D eigenvalue weighted by Crippen LogP contribution is 2.25. The standard InChI is InChI=1S/C12H14Cl2N2O3/c13-8-5-9(16-10(8)14)11(17)15-7-3-1-6(2-4-7)12(18)19/h5-7,16H,1-4H2,(H,15,17)(H,18,19). The van der Waals surface area contributed by atoms with Gasteiger partial charge in [0, 0.05) is 6.04 Å². The van der Waals surface area contributed by atoms with Gasteiger partial charge >= 0.3 is 5.97 Å². The second-order valence-corrected chi connectivity index (χ2v) is 5.49. The molecule has 104 valence electrons. The van der Waals surface area contributed by atoms with Gasteiger partial charge in [-0.25, -0.2) is 0 Å². The average Bonchev–Trinajstić information content (AvgIpc) is 2.70. The number of hydrogen-bond acceptors (Lipinski definition) is 2. The van der Waals surface area contributed by atoms with Crippen LogP contribution in [0.2, 0.25) is 10.2 Å². The minimum atomic E-state index is -0.757. The quantitative estimate of drug-likeness (QED) is 0.803. The van der Waals surface area contributed by atoms with Crippen LogP contribution in [0.4, 0.5) is 0 Å². The minimum absolute atomic E-state index is 0.00366. The van der Waals surface area contributed by atoms with E-state index in [4.69, 9.17) is 28.3 Å². The SMILES string of the molecule is O=C(NC1CCC(C(=O)O)CC1)c1cc(Cl)c(Cl)[nH]1. The highest BCUT2D eigenvalue weighted by atomic mass is 35.5. The Hall–Kier alpha value is -1.20. The van der Waals surface area contributed by atoms with Crippen LogP contribution in [-0.2, 0) is 4.79 Å². The zero-order valence-corrected chi connectivity index (χ0v) is 11.6. The van der Waals surface area contributed by atoms with Gasteiger partial charge in [0.05, 0.1) is 10.9 Å². The second kappa shape index (κ2) is 5.84. The number of carboxylic acid groups (broad SMARTS) is 1. The fourth-order valence-electron chi connectivity index (χ4n) is 2.27. The van der Waals surface area contributed by atoms with E-state index in [-0.39, 0.29) is 23.0 Å². The van der Waals surface area contributed by atoms with Crippen molar-refractivity contribution in [3.05, 3.63) is 21.9 Å². The molecule has 0 spiro atoms. The molecule has 0 atom stereocenters. The highest BCUT2D eigenvalue weighted by Gasteiger charge is 2.27. The molecule has 7 heteroatoms. The van der Waals surface area contributed by atoms with E-state index in [0.717, 1.165) is 0 Å². The molecule has 0 aromatic carbocycles. The van der Waals surface area contributed by atoms with E-state index in [1.54, 1.807) is 0 Å². The van der Waals surface area contributed by atoms with Crippen molar-refractivity contribution >= 4 is 35.1 Å². The smallest absolute Gasteiger partial charge is 0.306 e. The summed E-state index contributed by atoms with van der Waals surface area (Å²) in [7, 11) is 0. The molecule has 1 aliphatic carbocycles. The predicted molar refractivity (Wildman–Crippen MR) is 71.7 cm³/mol. The summed E-state index contributed by atoms with van der Waals surface area (Å²) in [6, 6.07) is 1.48. The molecular formula is C12H14Cl2N2O3. The summed E-state index contributed by atoms with van der Waals surface area (Å²) in [4.78, 5) is 25.4. The molecule has 5 nitrogen and oxygen atoms in total. The van der Waals surface area contributed by atoms with Crippen LogP contribution in [0.15, 0.2) is 6.07 Å². The van der Waals surface area contributed by atoms with Gasteiger partial charge in [-0.2, -0.15) is 0 Å². The number of H-pyrrole nitrogens is 1. The summed E-state index contributed by atoms with van der Waals surface area (Å²) in [5.41, 5.74) is 0.315. The van der Waals surface area contributed by atoms with Gasteiger partial charge in [-0.1, -0.05) is 23.2 Å². The van der Waals surface area contributed by atoms with Gasteiger partial charge in [-0.3, -0.25) is 9.59 Å². The summed E-state index contributed by atoms with van der Waals surface area (Å²) in [6.07, 6.45) is 2.52. The third-order valence-electron chi connectivity index (χ3n) is 3.38. The number of aromatic nitrogens is 1. The molecule has 19 heavy (non-hydrogen) atoms. The molecule has 0 bridgehead atoms. The number of aromatic amines is 1. The van der Waals surface area contributed by atoms with E-state index in [9.17, 15) is 9.59 Å². The van der Waals surface area contributed by atoms with Crippen LogP contribution in [0.3, 0.4) is 0 Å². The molecule has 0 unspecified atom stereocenters. The van der Waals surface area contributed by atoms with E-state index in [0.29, 0.717) is 36.4 Å². The van der Waals surface area contributed by atoms with Crippen LogP contribution >= 0.6 is 23.2 Å². The van der Waals surface area contributed by atoms with E-state index in [1.165, 1.54) is 6.07 Å². The highest BCUT2D eigenvalue weighted by molar-refractivity contribution is 6.41. The Bertz CT molecular complexity index is 474. The molecule has 1 heterocycles. The molecule has 1 fully saturated rings. The maximum Gasteiger partial charge on any atom is 0.306 e. The lowest BCUT2D eigenvalue weighted by atomic mass is 9.86. The lowest BCUT2D eigenvalue weighted by Gasteiger charge is -2.26. The number of rotatable bonds is 3. The number of nitrogens with one attached hydrogen (secondary N) is 2. The molecule has 1 aromatic heterocycles. The van der Waals surface area contributed by atoms with Gasteiger partial charge in [-0.15, -0.1) is 0 Å². The fraction of sp³-hybridized carbons (Fsp3) is 0.500. The number of amides is 1. The van der Waals surface area contributed by atoms with Crippen LogP contribution in [0.25, 0.3) is 0 Å². The fourth-order valence-corrected chi connectivity index (χ4v) is 2.59. The van der Waals surface area contributed by atoms with Gasteiger partial charge in [0.2, 0.25) is 0 Å². The van der Waals surface area contributed by atoms with Crippen LogP contribution in [-0.4, -0.2) is 28.0 Å². The molecule has 1 aromatic rings. The predicted octanol–water partition coefficient (Wildman–Crippen LogP) is 2.69. The summed E-state index contributed by atoms with van der Waals surface area (Å²) in [5.74, 6) is -1.32. The monoisotopic (exact) mass is 304 g/mol. The Kier molecular flexibility index (Phi) is 4.37. The number of carboxylic acids is 1. The first-order valence-corrected chi connectivity index (χ1v) is 6.80. The molecular weight excluding hydrogens is 291 g/mol. The Morgan fingerprint density at radius 2 is 1.89 bits per heavy atom. The zero-order valence-electron chi connectivity index (χ0n) is 10.1. The molecule has 0 radical (unpaired) electrons. The number of carbonyl (C=O) groups is 2. The van der Waals surface area contributed by atoms with Crippen molar-refractivity contribution in [2.75, 3.05) is 0 Å². The number of aliphatic carboxylic acids is 1. The number of halogens is 2. The second-order valence-electron chi connectivity index (χ2n) is 4.71. The van der Waals surface area contributed by atoms with Crippen molar-refractivity contribution in [2.24, 2.45) is 5.92 Å². The first-order valence-electron chi connectivity index (χ1n) is 6.05. The van der Waals surface area contributed by atoms with Crippen LogP contribution in [0.5, 0.6) is 0 Å². The summed E-state index contributed by atoms with van der Waals surface area (Å²) in [6.45, 7) is 0. The van der Waals surface area contributed by atoms with Gasteiger partial charge in [0.25, 0.3) is 5.91 Å². The number of carbonyl (C=O) groups excluding carboxylic acids is 1. The minimum Gasteiger partial charge on any atom is -0.481 e. The largest absolute Gasteiger partial charge is 0.481 e. The molecule has 0 saturated heterocycles. The Morgan fingerprint density at radius 1 is 1.26 bits per heavy atom. The summed E-state index contributed by atoms with van der Waals surface area (Å²) < 4.78 is 0. The molecule has 2 rings (SSSR count). The molecule has 1 aliphatic rings. The van der Waals surface area contributed by atoms with Crippen LogP contribution < -0.4 is 5.32 Å². The molecule has 3 N–H and O–H groups in total. The van der Waals surface area contributed by atoms with Crippen molar-refractivity contribution in [1.29, 1.82) is 0 Å². The third kappa shape index (κ3) is 3.42. The van der Waals surface area contributed by atoms with Gasteiger partial charge in [0.1, 0.15) is 10.8 Å². The van der Waals surface area contributed by atoms with Gasteiger partial charge in [-0.05, 0) is 31.7 Å². The number of hydrogen-bond donors (Lipinski definition) is 3. The van der Waals surface area contributed by atoms with Crippen LogP contribution in [0.1, 0.15) is 36.2 Å². The Labute approximate surface area is 120 Å². The zero-order chi connectivity index (χ0) is 14.0. The average molecular weight is 305 g/mol. The van der Waals surface area contributed by atoms with Gasteiger partial charge < -0.3 is 15.4 Å². The van der Waals surface area contributed by atoms with Crippen molar-refractivity contribution in [3.63, 3.8) is 0 Å². The normalized spacial score (nSPS) is 23.1. The van der Waals surface area contributed by atoms with E-state index < -0.39 is 5.97 Å². The van der Waals surface area contributed by atoms with Gasteiger partial charge in [0.15, 0.2) is 0 Å². The van der Waals surface area contributed by atoms with Crippen molar-refractivity contribution in [2.45, 2.75) is 31.7 Å². The first kappa shape index (κ1) is 14.2. The maximum atomic E-state index is 11.9. The van der Waals surface area contributed by atoms with Crippen molar-refractivity contribution < 1.29 is 14.7 Å². The lowest BCUT2D eigenvalue weighted by Crippen LogP contribution is -2.38. The van der Waals surface area contributed by atoms with E-state index in [2.05, 4.69) is 10.3 Å². The molecule has 1 amide bonds. The molecule has 1 saturated carbocycles. The lowest BCUT2D eigenvalue weighted by molar-refractivity contribution is -0.142. The van der Waals surface area contributed by atoms with E-state index >= 15 is 0 Å². The maximum absolute atomic E-state index is 11.9. The topological polar surface area (TPSA) is 82.2 Å². The van der Waals surface area contributed by atoms with E-state index in [1.807, 2.05) is 0 Å².